The summed E-state index contributed by atoms with van der Waals surface area (Å²) in [5.41, 5.74) is 0.899. The molecule has 3 saturated heterocycles. The fourth-order valence-electron chi connectivity index (χ4n) is 4.41. The molecule has 148 valence electrons. The average Bonchev–Trinajstić information content (AvgIpc) is 3.44. The highest BCUT2D eigenvalue weighted by Crippen LogP contribution is 2.48. The minimum absolute atomic E-state index is 0.0268. The third kappa shape index (κ3) is 3.02. The maximum Gasteiger partial charge on any atom is 0.252 e. The molecule has 3 fully saturated rings. The summed E-state index contributed by atoms with van der Waals surface area (Å²) in [6, 6.07) is 7.52. The molecule has 0 aliphatic carbocycles. The molecule has 0 radical (unpaired) electrons. The molecule has 0 spiro atoms. The van der Waals surface area contributed by atoms with Gasteiger partial charge in [-0.05, 0) is 38.3 Å². The van der Waals surface area contributed by atoms with Gasteiger partial charge in [-0.2, -0.15) is 0 Å². The second-order valence-electron chi connectivity index (χ2n) is 7.81. The second-order valence-corrected chi connectivity index (χ2v) is 10.3. The van der Waals surface area contributed by atoms with Crippen LogP contribution in [0.15, 0.2) is 24.3 Å². The van der Waals surface area contributed by atoms with Crippen molar-refractivity contribution >= 4 is 50.3 Å². The zero-order valence-corrected chi connectivity index (χ0v) is 17.4. The van der Waals surface area contributed by atoms with E-state index in [9.17, 15) is 9.59 Å². The number of thiazole rings is 1. The van der Waals surface area contributed by atoms with Crippen LogP contribution in [0.3, 0.4) is 0 Å². The van der Waals surface area contributed by atoms with Gasteiger partial charge in [-0.1, -0.05) is 23.5 Å². The number of hydrogen-bond donors (Lipinski definition) is 0. The Kier molecular flexibility index (Phi) is 4.60. The predicted octanol–water partition coefficient (Wildman–Crippen LogP) is 3.26. The maximum atomic E-state index is 13.7. The van der Waals surface area contributed by atoms with Crippen LogP contribution in [-0.2, 0) is 14.3 Å². The van der Waals surface area contributed by atoms with E-state index in [1.54, 1.807) is 16.7 Å². The van der Waals surface area contributed by atoms with Crippen LogP contribution >= 0.6 is 23.1 Å². The van der Waals surface area contributed by atoms with Gasteiger partial charge in [0.25, 0.3) is 5.91 Å². The highest BCUT2D eigenvalue weighted by Gasteiger charge is 2.54. The molecule has 8 heteroatoms. The van der Waals surface area contributed by atoms with Crippen LogP contribution in [0.5, 0.6) is 0 Å². The van der Waals surface area contributed by atoms with Crippen molar-refractivity contribution in [1.29, 1.82) is 0 Å². The average molecular weight is 418 g/mol. The van der Waals surface area contributed by atoms with Crippen LogP contribution < -0.4 is 4.90 Å². The van der Waals surface area contributed by atoms with E-state index in [4.69, 9.17) is 9.72 Å². The number of amides is 2. The summed E-state index contributed by atoms with van der Waals surface area (Å²) < 4.78 is 6.88. The van der Waals surface area contributed by atoms with Crippen molar-refractivity contribution < 1.29 is 14.3 Å². The first-order chi connectivity index (χ1) is 13.5. The van der Waals surface area contributed by atoms with E-state index in [1.165, 1.54) is 11.3 Å². The Bertz CT molecular complexity index is 893. The summed E-state index contributed by atoms with van der Waals surface area (Å²) in [7, 11) is 0. The molecule has 3 aliphatic heterocycles. The molecule has 2 amide bonds. The van der Waals surface area contributed by atoms with Gasteiger partial charge in [-0.25, -0.2) is 4.98 Å². The Labute approximate surface area is 172 Å². The summed E-state index contributed by atoms with van der Waals surface area (Å²) in [5.74, 6) is 0.710. The summed E-state index contributed by atoms with van der Waals surface area (Å²) >= 11 is 3.25. The van der Waals surface area contributed by atoms with Crippen LogP contribution in [0.1, 0.15) is 32.6 Å². The smallest absolute Gasteiger partial charge is 0.252 e. The van der Waals surface area contributed by atoms with Crippen molar-refractivity contribution in [3.8, 4) is 0 Å². The van der Waals surface area contributed by atoms with Gasteiger partial charge in [0.15, 0.2) is 5.13 Å². The fraction of sp³-hybridized carbons (Fsp3) is 0.550. The topological polar surface area (TPSA) is 62.7 Å². The lowest BCUT2D eigenvalue weighted by Gasteiger charge is -2.33. The SMILES string of the molecule is CC12CCC(=O)N1C(C(=O)N(CC1CCCO1)c1nc3ccccc3s1)CS2. The van der Waals surface area contributed by atoms with Gasteiger partial charge in [0.1, 0.15) is 6.04 Å². The Balaban J connectivity index is 1.48. The van der Waals surface area contributed by atoms with Gasteiger partial charge >= 0.3 is 0 Å². The summed E-state index contributed by atoms with van der Waals surface area (Å²) in [6.07, 6.45) is 3.35. The number of aromatic nitrogens is 1. The number of para-hydroxylation sites is 1. The molecule has 1 aromatic heterocycles. The molecule has 1 aromatic carbocycles. The quantitative estimate of drug-likeness (QED) is 0.764. The minimum Gasteiger partial charge on any atom is -0.376 e. The number of nitrogens with zero attached hydrogens (tertiary/aromatic N) is 3. The van der Waals surface area contributed by atoms with E-state index in [-0.39, 0.29) is 22.8 Å². The largest absolute Gasteiger partial charge is 0.376 e. The third-order valence-electron chi connectivity index (χ3n) is 5.92. The van der Waals surface area contributed by atoms with Gasteiger partial charge < -0.3 is 9.64 Å². The standard InChI is InChI=1S/C20H23N3O3S2/c1-20-9-8-17(24)23(20)15(12-27-20)18(25)22(11-13-5-4-10-26-13)19-21-14-6-2-3-7-16(14)28-19/h2-3,6-7,13,15H,4-5,8-12H2,1H3. The molecule has 3 aliphatic rings. The number of carbonyl (C=O) groups is 2. The third-order valence-corrected chi connectivity index (χ3v) is 8.48. The van der Waals surface area contributed by atoms with Crippen LogP contribution in [-0.4, -0.2) is 57.6 Å². The molecule has 0 N–H and O–H groups in total. The normalized spacial score (nSPS) is 29.6. The van der Waals surface area contributed by atoms with Crippen molar-refractivity contribution in [3.05, 3.63) is 24.3 Å². The maximum absolute atomic E-state index is 13.7. The summed E-state index contributed by atoms with van der Waals surface area (Å²) in [4.78, 5) is 34.3. The first kappa shape index (κ1) is 18.4. The Morgan fingerprint density at radius 1 is 1.43 bits per heavy atom. The summed E-state index contributed by atoms with van der Waals surface area (Å²) in [6.45, 7) is 3.32. The lowest BCUT2D eigenvalue weighted by atomic mass is 10.2. The summed E-state index contributed by atoms with van der Waals surface area (Å²) in [5, 5.41) is 0.701. The van der Waals surface area contributed by atoms with E-state index in [2.05, 4.69) is 6.92 Å². The number of thioether (sulfide) groups is 1. The Morgan fingerprint density at radius 2 is 2.29 bits per heavy atom. The number of hydrogen-bond acceptors (Lipinski definition) is 6. The van der Waals surface area contributed by atoms with Gasteiger partial charge in [-0.3, -0.25) is 14.5 Å². The molecule has 0 bridgehead atoms. The van der Waals surface area contributed by atoms with E-state index in [1.807, 2.05) is 29.2 Å². The number of ether oxygens (including phenoxy) is 1. The Morgan fingerprint density at radius 3 is 3.07 bits per heavy atom. The molecule has 3 unspecified atom stereocenters. The minimum atomic E-state index is -0.418. The van der Waals surface area contributed by atoms with Crippen LogP contribution in [0, 0.1) is 0 Å². The van der Waals surface area contributed by atoms with Gasteiger partial charge in [-0.15, -0.1) is 11.8 Å². The van der Waals surface area contributed by atoms with Crippen LogP contribution in [0.2, 0.25) is 0 Å². The zero-order valence-electron chi connectivity index (χ0n) is 15.8. The first-order valence-corrected chi connectivity index (χ1v) is 11.6. The molecular weight excluding hydrogens is 394 g/mol. The zero-order chi connectivity index (χ0) is 19.3. The predicted molar refractivity (Wildman–Crippen MR) is 112 cm³/mol. The van der Waals surface area contributed by atoms with E-state index in [0.717, 1.165) is 36.1 Å². The lowest BCUT2D eigenvalue weighted by molar-refractivity contribution is -0.136. The van der Waals surface area contributed by atoms with Crippen LogP contribution in [0.25, 0.3) is 10.2 Å². The fourth-order valence-corrected chi connectivity index (χ4v) is 6.82. The highest BCUT2D eigenvalue weighted by molar-refractivity contribution is 8.01. The molecule has 4 heterocycles. The molecule has 6 nitrogen and oxygen atoms in total. The first-order valence-electron chi connectivity index (χ1n) is 9.80. The number of rotatable bonds is 4. The van der Waals surface area contributed by atoms with Crippen molar-refractivity contribution in [3.63, 3.8) is 0 Å². The lowest BCUT2D eigenvalue weighted by Crippen LogP contribution is -2.52. The number of fused-ring (bicyclic) bond motifs is 2. The van der Waals surface area contributed by atoms with E-state index < -0.39 is 6.04 Å². The second kappa shape index (κ2) is 7.00. The van der Waals surface area contributed by atoms with Crippen molar-refractivity contribution in [2.75, 3.05) is 23.8 Å². The molecule has 5 rings (SSSR count). The van der Waals surface area contributed by atoms with Crippen molar-refractivity contribution in [2.45, 2.75) is 49.6 Å². The van der Waals surface area contributed by atoms with E-state index in [0.29, 0.717) is 23.8 Å². The van der Waals surface area contributed by atoms with E-state index >= 15 is 0 Å². The molecule has 2 aromatic rings. The highest BCUT2D eigenvalue weighted by atomic mass is 32.2. The number of carbonyl (C=O) groups excluding carboxylic acids is 2. The molecular formula is C20H23N3O3S2. The number of anilines is 1. The van der Waals surface area contributed by atoms with Gasteiger partial charge in [0.05, 0.1) is 27.7 Å². The van der Waals surface area contributed by atoms with Gasteiger partial charge in [0.2, 0.25) is 5.91 Å². The van der Waals surface area contributed by atoms with Gasteiger partial charge in [0, 0.05) is 18.8 Å². The Hall–Kier alpha value is -1.64. The molecule has 28 heavy (non-hydrogen) atoms. The molecule has 3 atom stereocenters. The van der Waals surface area contributed by atoms with Crippen molar-refractivity contribution in [1.82, 2.24) is 9.88 Å². The van der Waals surface area contributed by atoms with Crippen molar-refractivity contribution in [2.24, 2.45) is 0 Å². The molecule has 0 saturated carbocycles. The monoisotopic (exact) mass is 417 g/mol. The number of benzene rings is 1. The van der Waals surface area contributed by atoms with Crippen LogP contribution in [0.4, 0.5) is 5.13 Å².